The number of carbonyl (C=O) groups excluding carboxylic acids is 1. The van der Waals surface area contributed by atoms with E-state index in [4.69, 9.17) is 0 Å². The molecule has 0 aromatic rings. The van der Waals surface area contributed by atoms with Crippen molar-refractivity contribution < 1.29 is 4.79 Å². The van der Waals surface area contributed by atoms with E-state index in [1.807, 2.05) is 18.7 Å². The van der Waals surface area contributed by atoms with Crippen LogP contribution in [0.2, 0.25) is 0 Å². The lowest BCUT2D eigenvalue weighted by molar-refractivity contribution is -0.130. The third kappa shape index (κ3) is 1.46. The van der Waals surface area contributed by atoms with Crippen molar-refractivity contribution in [3.63, 3.8) is 0 Å². The highest BCUT2D eigenvalue weighted by Gasteiger charge is 2.36. The Morgan fingerprint density at radius 3 is 2.50 bits per heavy atom. The molecule has 12 heavy (non-hydrogen) atoms. The lowest BCUT2D eigenvalue weighted by Crippen LogP contribution is -2.41. The minimum atomic E-state index is -0.00245. The van der Waals surface area contributed by atoms with Gasteiger partial charge in [-0.1, -0.05) is 13.8 Å². The molecule has 1 saturated heterocycles. The van der Waals surface area contributed by atoms with Gasteiger partial charge in [-0.3, -0.25) is 10.1 Å². The van der Waals surface area contributed by atoms with Gasteiger partial charge in [-0.15, -0.1) is 0 Å². The summed E-state index contributed by atoms with van der Waals surface area (Å²) < 4.78 is 0. The first-order valence-electron chi connectivity index (χ1n) is 4.64. The minimum Gasteiger partial charge on any atom is -0.326 e. The van der Waals surface area contributed by atoms with Crippen molar-refractivity contribution in [3.05, 3.63) is 0 Å². The Hall–Kier alpha value is -0.570. The average Bonchev–Trinajstić information content (AvgIpc) is 2.29. The van der Waals surface area contributed by atoms with Crippen LogP contribution in [0.4, 0.5) is 0 Å². The molecule has 0 radical (unpaired) electrons. The van der Waals surface area contributed by atoms with E-state index in [-0.39, 0.29) is 18.1 Å². The van der Waals surface area contributed by atoms with Crippen LogP contribution in [0.15, 0.2) is 0 Å². The second-order valence-electron chi connectivity index (χ2n) is 3.70. The van der Waals surface area contributed by atoms with E-state index >= 15 is 0 Å². The maximum atomic E-state index is 11.5. The zero-order chi connectivity index (χ0) is 9.30. The van der Waals surface area contributed by atoms with Gasteiger partial charge in [0.2, 0.25) is 5.91 Å². The van der Waals surface area contributed by atoms with Gasteiger partial charge < -0.3 is 4.90 Å². The predicted molar refractivity (Wildman–Crippen MR) is 48.6 cm³/mol. The minimum absolute atomic E-state index is 0.00245. The summed E-state index contributed by atoms with van der Waals surface area (Å²) in [5.41, 5.74) is 0. The lowest BCUT2D eigenvalue weighted by Gasteiger charge is -2.25. The highest BCUT2D eigenvalue weighted by Crippen LogP contribution is 2.16. The van der Waals surface area contributed by atoms with Crippen LogP contribution in [0.5, 0.6) is 0 Å². The van der Waals surface area contributed by atoms with E-state index in [0.717, 1.165) is 6.54 Å². The summed E-state index contributed by atoms with van der Waals surface area (Å²) in [5.74, 6) is 0.718. The van der Waals surface area contributed by atoms with Gasteiger partial charge in [0.15, 0.2) is 0 Å². The van der Waals surface area contributed by atoms with E-state index in [9.17, 15) is 4.79 Å². The zero-order valence-corrected chi connectivity index (χ0v) is 8.29. The fourth-order valence-electron chi connectivity index (χ4n) is 1.71. The van der Waals surface area contributed by atoms with E-state index in [2.05, 4.69) is 19.2 Å². The standard InChI is InChI=1S/C9H18N2O/c1-5-11-8(6(2)3)10-7(4)9(11)12/h6-8,10H,5H2,1-4H3. The van der Waals surface area contributed by atoms with Crippen LogP contribution >= 0.6 is 0 Å². The van der Waals surface area contributed by atoms with Crippen molar-refractivity contribution in [2.75, 3.05) is 6.54 Å². The Morgan fingerprint density at radius 2 is 2.17 bits per heavy atom. The monoisotopic (exact) mass is 170 g/mol. The number of amides is 1. The van der Waals surface area contributed by atoms with Crippen molar-refractivity contribution in [2.24, 2.45) is 5.92 Å². The highest BCUT2D eigenvalue weighted by molar-refractivity contribution is 5.83. The predicted octanol–water partition coefficient (Wildman–Crippen LogP) is 0.809. The largest absolute Gasteiger partial charge is 0.326 e. The van der Waals surface area contributed by atoms with Crippen LogP contribution in [-0.4, -0.2) is 29.6 Å². The molecular formula is C9H18N2O. The summed E-state index contributed by atoms with van der Waals surface area (Å²) in [4.78, 5) is 13.4. The molecule has 0 aromatic carbocycles. The maximum absolute atomic E-state index is 11.5. The molecule has 0 bridgehead atoms. The Bertz CT molecular complexity index is 179. The Balaban J connectivity index is 2.71. The number of nitrogens with one attached hydrogen (secondary N) is 1. The van der Waals surface area contributed by atoms with Crippen LogP contribution in [0, 0.1) is 5.92 Å². The van der Waals surface area contributed by atoms with Crippen molar-refractivity contribution >= 4 is 5.91 Å². The fraction of sp³-hybridized carbons (Fsp3) is 0.889. The van der Waals surface area contributed by atoms with Crippen LogP contribution in [0.25, 0.3) is 0 Å². The van der Waals surface area contributed by atoms with Crippen molar-refractivity contribution in [1.82, 2.24) is 10.2 Å². The molecule has 0 aliphatic carbocycles. The molecule has 2 atom stereocenters. The van der Waals surface area contributed by atoms with Gasteiger partial charge >= 0.3 is 0 Å². The summed E-state index contributed by atoms with van der Waals surface area (Å²) in [6.07, 6.45) is 0.234. The molecule has 1 amide bonds. The van der Waals surface area contributed by atoms with E-state index in [1.54, 1.807) is 0 Å². The molecule has 3 nitrogen and oxygen atoms in total. The zero-order valence-electron chi connectivity index (χ0n) is 8.29. The van der Waals surface area contributed by atoms with Gasteiger partial charge in [0, 0.05) is 6.54 Å². The molecule has 1 N–H and O–H groups in total. The Kier molecular flexibility index (Phi) is 2.73. The van der Waals surface area contributed by atoms with Gasteiger partial charge in [-0.05, 0) is 19.8 Å². The SMILES string of the molecule is CCN1C(=O)C(C)NC1C(C)C. The second kappa shape index (κ2) is 3.44. The van der Waals surface area contributed by atoms with Gasteiger partial charge in [-0.25, -0.2) is 0 Å². The molecule has 0 saturated carbocycles. The Labute approximate surface area is 74.1 Å². The molecule has 1 aliphatic heterocycles. The van der Waals surface area contributed by atoms with Crippen LogP contribution < -0.4 is 5.32 Å². The summed E-state index contributed by atoms with van der Waals surface area (Å²) >= 11 is 0. The summed E-state index contributed by atoms with van der Waals surface area (Å²) in [6.45, 7) is 9.01. The molecule has 1 fully saturated rings. The number of carbonyl (C=O) groups is 1. The number of rotatable bonds is 2. The number of hydrogen-bond acceptors (Lipinski definition) is 2. The normalized spacial score (nSPS) is 30.4. The van der Waals surface area contributed by atoms with Gasteiger partial charge in [0.05, 0.1) is 12.2 Å². The average molecular weight is 170 g/mol. The molecule has 70 valence electrons. The Morgan fingerprint density at radius 1 is 1.58 bits per heavy atom. The number of likely N-dealkylation sites (N-methyl/N-ethyl adjacent to an activating group) is 1. The first-order valence-corrected chi connectivity index (χ1v) is 4.64. The van der Waals surface area contributed by atoms with E-state index in [0.29, 0.717) is 5.92 Å². The quantitative estimate of drug-likeness (QED) is 0.665. The molecule has 1 aliphatic rings. The van der Waals surface area contributed by atoms with Gasteiger partial charge in [-0.2, -0.15) is 0 Å². The molecule has 1 rings (SSSR count). The molecule has 0 spiro atoms. The summed E-state index contributed by atoms with van der Waals surface area (Å²) in [6, 6.07) is -0.00245. The van der Waals surface area contributed by atoms with E-state index < -0.39 is 0 Å². The second-order valence-corrected chi connectivity index (χ2v) is 3.70. The first kappa shape index (κ1) is 9.52. The highest BCUT2D eigenvalue weighted by atomic mass is 16.2. The van der Waals surface area contributed by atoms with Gasteiger partial charge in [0.1, 0.15) is 0 Å². The summed E-state index contributed by atoms with van der Waals surface area (Å²) in [5, 5.41) is 3.28. The topological polar surface area (TPSA) is 32.3 Å². The van der Waals surface area contributed by atoms with Crippen LogP contribution in [-0.2, 0) is 4.79 Å². The summed E-state index contributed by atoms with van der Waals surface area (Å²) in [7, 11) is 0. The third-order valence-electron chi connectivity index (χ3n) is 2.38. The smallest absolute Gasteiger partial charge is 0.240 e. The lowest BCUT2D eigenvalue weighted by atomic mass is 10.1. The van der Waals surface area contributed by atoms with Crippen LogP contribution in [0.1, 0.15) is 27.7 Å². The number of nitrogens with zero attached hydrogens (tertiary/aromatic N) is 1. The maximum Gasteiger partial charge on any atom is 0.240 e. The molecule has 2 unspecified atom stereocenters. The molecular weight excluding hydrogens is 152 g/mol. The van der Waals surface area contributed by atoms with Crippen molar-refractivity contribution in [2.45, 2.75) is 39.9 Å². The van der Waals surface area contributed by atoms with E-state index in [1.165, 1.54) is 0 Å². The molecule has 1 heterocycles. The fourth-order valence-corrected chi connectivity index (χ4v) is 1.71. The van der Waals surface area contributed by atoms with Crippen molar-refractivity contribution in [1.29, 1.82) is 0 Å². The van der Waals surface area contributed by atoms with Gasteiger partial charge in [0.25, 0.3) is 0 Å². The third-order valence-corrected chi connectivity index (χ3v) is 2.38. The molecule has 3 heteroatoms. The van der Waals surface area contributed by atoms with Crippen LogP contribution in [0.3, 0.4) is 0 Å². The number of hydrogen-bond donors (Lipinski definition) is 1. The molecule has 0 aromatic heterocycles. The van der Waals surface area contributed by atoms with Crippen molar-refractivity contribution in [3.8, 4) is 0 Å². The first-order chi connectivity index (χ1) is 5.57.